The monoisotopic (exact) mass is 388 g/mol. The molecule has 0 unspecified atom stereocenters. The number of halogens is 3. The largest absolute Gasteiger partial charge is 0.418 e. The minimum atomic E-state index is -4.55. The zero-order valence-electron chi connectivity index (χ0n) is 15.1. The highest BCUT2D eigenvalue weighted by atomic mass is 19.4. The maximum absolute atomic E-state index is 13.6. The predicted molar refractivity (Wildman–Crippen MR) is 99.4 cm³/mol. The van der Waals surface area contributed by atoms with Crippen molar-refractivity contribution in [2.75, 3.05) is 18.0 Å². The fourth-order valence-corrected chi connectivity index (χ4v) is 3.42. The van der Waals surface area contributed by atoms with Crippen molar-refractivity contribution >= 4 is 16.9 Å². The number of nitrogens with one attached hydrogen (secondary N) is 1. The van der Waals surface area contributed by atoms with E-state index in [0.29, 0.717) is 42.8 Å². The van der Waals surface area contributed by atoms with Crippen LogP contribution in [0.5, 0.6) is 0 Å². The number of piperidine rings is 1. The number of hydrogen-bond acceptors (Lipinski definition) is 5. The van der Waals surface area contributed by atoms with Crippen LogP contribution in [0.1, 0.15) is 26.8 Å². The van der Waals surface area contributed by atoms with Crippen LogP contribution < -0.4 is 4.90 Å². The Labute approximate surface area is 160 Å². The van der Waals surface area contributed by atoms with Crippen LogP contribution >= 0.6 is 0 Å². The van der Waals surface area contributed by atoms with Crippen molar-refractivity contribution in [3.05, 3.63) is 36.0 Å². The molecule has 1 aliphatic heterocycles. The average Bonchev–Trinajstić information content (AvgIpc) is 3.11. The molecule has 0 amide bonds. The van der Waals surface area contributed by atoms with Gasteiger partial charge in [0, 0.05) is 26.1 Å². The normalized spacial score (nSPS) is 16.9. The number of hydrogen-bond donors (Lipinski definition) is 1. The summed E-state index contributed by atoms with van der Waals surface area (Å²) >= 11 is 0. The molecule has 1 saturated heterocycles. The number of nitriles is 1. The summed E-state index contributed by atoms with van der Waals surface area (Å²) in [6.07, 6.45) is -1.75. The van der Waals surface area contributed by atoms with Crippen LogP contribution in [0.4, 0.5) is 19.0 Å². The summed E-state index contributed by atoms with van der Waals surface area (Å²) in [6, 6.07) is 8.07. The fourth-order valence-electron chi connectivity index (χ4n) is 3.42. The smallest absolute Gasteiger partial charge is 0.356 e. The molecule has 3 aromatic heterocycles. The Morgan fingerprint density at radius 1 is 1.25 bits per heavy atom. The summed E-state index contributed by atoms with van der Waals surface area (Å²) in [5, 5.41) is 16.4. The molecule has 6 nitrogen and oxygen atoms in total. The Morgan fingerprint density at radius 3 is 2.68 bits per heavy atom. The first-order chi connectivity index (χ1) is 13.3. The third-order valence-electron chi connectivity index (χ3n) is 5.21. The number of aromatic amines is 1. The molecule has 4 heterocycles. The second-order valence-corrected chi connectivity index (χ2v) is 7.20. The molecule has 4 rings (SSSR count). The molecule has 1 N–H and O–H groups in total. The van der Waals surface area contributed by atoms with E-state index in [2.05, 4.69) is 26.2 Å². The van der Waals surface area contributed by atoms with Gasteiger partial charge in [-0.25, -0.2) is 9.97 Å². The molecule has 1 fully saturated rings. The quantitative estimate of drug-likeness (QED) is 0.703. The van der Waals surface area contributed by atoms with Crippen molar-refractivity contribution in [3.63, 3.8) is 0 Å². The Bertz CT molecular complexity index is 1060. The lowest BCUT2D eigenvalue weighted by molar-refractivity contribution is -0.137. The van der Waals surface area contributed by atoms with E-state index >= 15 is 0 Å². The van der Waals surface area contributed by atoms with Gasteiger partial charge >= 0.3 is 6.18 Å². The second-order valence-electron chi connectivity index (χ2n) is 7.20. The standard InChI is InChI=1S/C19H17F3N6.H2/c1-18(11-23)6-9-28(10-7-18)14-5-4-13(19(20,21)22)16(25-14)15-12-3-2-8-24-17(12)27-26-15;/h2-5,8H,6-7,9-10H2,1H3,(H,24,26,27);1H. The summed E-state index contributed by atoms with van der Waals surface area (Å²) in [4.78, 5) is 10.3. The van der Waals surface area contributed by atoms with Gasteiger partial charge in [-0.2, -0.15) is 23.5 Å². The van der Waals surface area contributed by atoms with E-state index in [4.69, 9.17) is 0 Å². The van der Waals surface area contributed by atoms with Crippen LogP contribution in [0.25, 0.3) is 22.4 Å². The zero-order valence-corrected chi connectivity index (χ0v) is 15.1. The topological polar surface area (TPSA) is 81.5 Å². The van der Waals surface area contributed by atoms with E-state index in [1.807, 2.05) is 11.8 Å². The van der Waals surface area contributed by atoms with Gasteiger partial charge in [-0.3, -0.25) is 5.10 Å². The van der Waals surface area contributed by atoms with E-state index in [1.165, 1.54) is 12.3 Å². The van der Waals surface area contributed by atoms with E-state index in [-0.39, 0.29) is 12.8 Å². The lowest BCUT2D eigenvalue weighted by Crippen LogP contribution is -2.38. The van der Waals surface area contributed by atoms with Crippen molar-refractivity contribution in [2.24, 2.45) is 5.41 Å². The molecule has 1 aliphatic rings. The Morgan fingerprint density at radius 2 is 2.00 bits per heavy atom. The van der Waals surface area contributed by atoms with Crippen LogP contribution in [0.2, 0.25) is 0 Å². The van der Waals surface area contributed by atoms with Gasteiger partial charge in [-0.1, -0.05) is 0 Å². The van der Waals surface area contributed by atoms with E-state index in [1.54, 1.807) is 12.1 Å². The van der Waals surface area contributed by atoms with Crippen LogP contribution in [0.3, 0.4) is 0 Å². The van der Waals surface area contributed by atoms with Gasteiger partial charge in [0.05, 0.1) is 22.7 Å². The van der Waals surface area contributed by atoms with Gasteiger partial charge in [0.25, 0.3) is 0 Å². The van der Waals surface area contributed by atoms with Crippen LogP contribution in [0.15, 0.2) is 30.5 Å². The number of anilines is 1. The van der Waals surface area contributed by atoms with E-state index in [0.717, 1.165) is 6.07 Å². The number of fused-ring (bicyclic) bond motifs is 1. The van der Waals surface area contributed by atoms with Gasteiger partial charge < -0.3 is 4.90 Å². The minimum absolute atomic E-state index is 0. The first-order valence-electron chi connectivity index (χ1n) is 8.85. The van der Waals surface area contributed by atoms with Crippen molar-refractivity contribution in [1.29, 1.82) is 5.26 Å². The summed E-state index contributed by atoms with van der Waals surface area (Å²) in [5.41, 5.74) is -0.911. The molecule has 3 aromatic rings. The van der Waals surface area contributed by atoms with Crippen molar-refractivity contribution in [2.45, 2.75) is 25.9 Å². The molecule has 28 heavy (non-hydrogen) atoms. The van der Waals surface area contributed by atoms with E-state index < -0.39 is 17.2 Å². The number of aromatic nitrogens is 4. The molecular formula is C19H19F3N6. The van der Waals surface area contributed by atoms with Gasteiger partial charge in [-0.05, 0) is 44.0 Å². The van der Waals surface area contributed by atoms with Gasteiger partial charge in [-0.15, -0.1) is 0 Å². The number of alkyl halides is 3. The summed E-state index contributed by atoms with van der Waals surface area (Å²) in [6.45, 7) is 3.03. The number of rotatable bonds is 2. The molecule has 0 aliphatic carbocycles. The number of nitrogens with zero attached hydrogens (tertiary/aromatic N) is 5. The Hall–Kier alpha value is -3.15. The van der Waals surface area contributed by atoms with Crippen LogP contribution in [-0.2, 0) is 6.18 Å². The van der Waals surface area contributed by atoms with Crippen LogP contribution in [-0.4, -0.2) is 33.3 Å². The van der Waals surface area contributed by atoms with Crippen molar-refractivity contribution in [3.8, 4) is 17.5 Å². The molecule has 0 bridgehead atoms. The van der Waals surface area contributed by atoms with Crippen molar-refractivity contribution in [1.82, 2.24) is 20.2 Å². The maximum atomic E-state index is 13.6. The Kier molecular flexibility index (Phi) is 4.22. The van der Waals surface area contributed by atoms with Gasteiger partial charge in [0.15, 0.2) is 5.65 Å². The molecule has 0 spiro atoms. The summed E-state index contributed by atoms with van der Waals surface area (Å²) in [5.74, 6) is 0.453. The van der Waals surface area contributed by atoms with E-state index in [9.17, 15) is 18.4 Å². The molecule has 0 aromatic carbocycles. The Balaban J connectivity index is 0.00000240. The molecule has 0 atom stereocenters. The average molecular weight is 388 g/mol. The molecule has 146 valence electrons. The molecule has 9 heteroatoms. The zero-order chi connectivity index (χ0) is 19.9. The highest BCUT2D eigenvalue weighted by Crippen LogP contribution is 2.39. The first-order valence-corrected chi connectivity index (χ1v) is 8.85. The summed E-state index contributed by atoms with van der Waals surface area (Å²) in [7, 11) is 0. The van der Waals surface area contributed by atoms with Gasteiger partial charge in [0.2, 0.25) is 0 Å². The lowest BCUT2D eigenvalue weighted by atomic mass is 9.82. The third-order valence-corrected chi connectivity index (χ3v) is 5.21. The second kappa shape index (κ2) is 6.48. The third kappa shape index (κ3) is 3.15. The predicted octanol–water partition coefficient (Wildman–Crippen LogP) is 4.41. The molecule has 0 saturated carbocycles. The minimum Gasteiger partial charge on any atom is -0.356 e. The number of pyridine rings is 2. The fraction of sp³-hybridized carbons (Fsp3) is 0.368. The number of H-pyrrole nitrogens is 1. The van der Waals surface area contributed by atoms with Crippen LogP contribution in [0, 0.1) is 16.7 Å². The molecule has 0 radical (unpaired) electrons. The summed E-state index contributed by atoms with van der Waals surface area (Å²) < 4.78 is 40.9. The van der Waals surface area contributed by atoms with Crippen molar-refractivity contribution < 1.29 is 14.6 Å². The highest BCUT2D eigenvalue weighted by molar-refractivity contribution is 5.90. The molecular weight excluding hydrogens is 369 g/mol. The first kappa shape index (κ1) is 18.2. The highest BCUT2D eigenvalue weighted by Gasteiger charge is 2.37. The maximum Gasteiger partial charge on any atom is 0.418 e. The lowest BCUT2D eigenvalue weighted by Gasteiger charge is -2.35. The van der Waals surface area contributed by atoms with Gasteiger partial charge in [0.1, 0.15) is 11.5 Å². The SMILES string of the molecule is CC1(C#N)CCN(c2ccc(C(F)(F)F)c(-c3[nH]nc4ncccc34)n2)CC1.[HH].